The van der Waals surface area contributed by atoms with Crippen LogP contribution in [0.4, 0.5) is 5.69 Å². The second-order valence-corrected chi connectivity index (χ2v) is 5.73. The van der Waals surface area contributed by atoms with E-state index in [-0.39, 0.29) is 5.91 Å². The minimum absolute atomic E-state index is 0.113. The van der Waals surface area contributed by atoms with Crippen molar-refractivity contribution in [3.05, 3.63) is 29.3 Å². The molecule has 2 aliphatic rings. The van der Waals surface area contributed by atoms with Crippen LogP contribution in [0.2, 0.25) is 0 Å². The van der Waals surface area contributed by atoms with Crippen LogP contribution >= 0.6 is 0 Å². The minimum Gasteiger partial charge on any atom is -0.399 e. The predicted octanol–water partition coefficient (Wildman–Crippen LogP) is 2.40. The minimum atomic E-state index is 0.113. The van der Waals surface area contributed by atoms with Crippen molar-refractivity contribution in [2.75, 3.05) is 32.0 Å². The average Bonchev–Trinajstić information content (AvgIpc) is 3.01. The van der Waals surface area contributed by atoms with E-state index in [9.17, 15) is 4.79 Å². The number of hydrogen-bond acceptors (Lipinski definition) is 3. The number of anilines is 1. The highest BCUT2D eigenvalue weighted by Crippen LogP contribution is 2.36. The number of nitrogens with zero attached hydrogens (tertiary/aromatic N) is 1. The Morgan fingerprint density at radius 1 is 1.20 bits per heavy atom. The highest BCUT2D eigenvalue weighted by atomic mass is 16.5. The zero-order valence-electron chi connectivity index (χ0n) is 11.8. The standard InChI is InChI=1S/C16H22N2O2/c17-13-5-6-14(12-3-1-2-4-12)15(11-13)16(19)18-7-9-20-10-8-18/h5-6,11-12H,1-4,7-10,17H2. The molecular weight excluding hydrogens is 252 g/mol. The fourth-order valence-electron chi connectivity index (χ4n) is 3.29. The fraction of sp³-hybridized carbons (Fsp3) is 0.562. The first-order valence-electron chi connectivity index (χ1n) is 7.52. The second kappa shape index (κ2) is 5.83. The third-order valence-electron chi connectivity index (χ3n) is 4.40. The predicted molar refractivity (Wildman–Crippen MR) is 78.8 cm³/mol. The monoisotopic (exact) mass is 274 g/mol. The number of rotatable bonds is 2. The second-order valence-electron chi connectivity index (χ2n) is 5.73. The fourth-order valence-corrected chi connectivity index (χ4v) is 3.29. The molecular formula is C16H22N2O2. The van der Waals surface area contributed by atoms with Crippen LogP contribution in [0.25, 0.3) is 0 Å². The van der Waals surface area contributed by atoms with Gasteiger partial charge in [0, 0.05) is 24.3 Å². The quantitative estimate of drug-likeness (QED) is 0.843. The highest BCUT2D eigenvalue weighted by molar-refractivity contribution is 5.96. The molecule has 1 aromatic carbocycles. The summed E-state index contributed by atoms with van der Waals surface area (Å²) in [6, 6.07) is 5.83. The zero-order valence-corrected chi connectivity index (χ0v) is 11.8. The molecule has 1 aromatic rings. The summed E-state index contributed by atoms with van der Waals surface area (Å²) in [4.78, 5) is 14.6. The van der Waals surface area contributed by atoms with E-state index < -0.39 is 0 Å². The molecule has 0 atom stereocenters. The molecule has 108 valence electrons. The molecule has 1 aliphatic carbocycles. The van der Waals surface area contributed by atoms with Crippen LogP contribution in [0, 0.1) is 0 Å². The topological polar surface area (TPSA) is 55.6 Å². The molecule has 4 nitrogen and oxygen atoms in total. The molecule has 2 N–H and O–H groups in total. The van der Waals surface area contributed by atoms with E-state index in [4.69, 9.17) is 10.5 Å². The maximum absolute atomic E-state index is 12.7. The van der Waals surface area contributed by atoms with Crippen LogP contribution in [0.3, 0.4) is 0 Å². The number of nitrogens with two attached hydrogens (primary N) is 1. The molecule has 1 saturated heterocycles. The number of morpholine rings is 1. The van der Waals surface area contributed by atoms with E-state index >= 15 is 0 Å². The van der Waals surface area contributed by atoms with Crippen LogP contribution in [-0.2, 0) is 4.74 Å². The molecule has 0 spiro atoms. The first-order valence-corrected chi connectivity index (χ1v) is 7.52. The zero-order chi connectivity index (χ0) is 13.9. The third kappa shape index (κ3) is 2.66. The molecule has 2 fully saturated rings. The van der Waals surface area contributed by atoms with E-state index in [1.54, 1.807) is 0 Å². The summed E-state index contributed by atoms with van der Waals surface area (Å²) < 4.78 is 5.32. The van der Waals surface area contributed by atoms with E-state index in [2.05, 4.69) is 6.07 Å². The smallest absolute Gasteiger partial charge is 0.254 e. The third-order valence-corrected chi connectivity index (χ3v) is 4.40. The van der Waals surface area contributed by atoms with Gasteiger partial charge in [0.15, 0.2) is 0 Å². The van der Waals surface area contributed by atoms with E-state index in [1.807, 2.05) is 17.0 Å². The first kappa shape index (κ1) is 13.4. The van der Waals surface area contributed by atoms with Crippen LogP contribution in [0.5, 0.6) is 0 Å². The number of hydrogen-bond donors (Lipinski definition) is 1. The molecule has 0 bridgehead atoms. The maximum Gasteiger partial charge on any atom is 0.254 e. The van der Waals surface area contributed by atoms with Crippen molar-refractivity contribution in [3.63, 3.8) is 0 Å². The van der Waals surface area contributed by atoms with Gasteiger partial charge < -0.3 is 15.4 Å². The van der Waals surface area contributed by atoms with Gasteiger partial charge >= 0.3 is 0 Å². The van der Waals surface area contributed by atoms with E-state index in [1.165, 1.54) is 31.2 Å². The van der Waals surface area contributed by atoms with Crippen LogP contribution < -0.4 is 5.73 Å². The molecule has 1 heterocycles. The summed E-state index contributed by atoms with van der Waals surface area (Å²) in [5.41, 5.74) is 8.56. The lowest BCUT2D eigenvalue weighted by molar-refractivity contribution is 0.0302. The molecule has 0 aromatic heterocycles. The van der Waals surface area contributed by atoms with E-state index in [0.29, 0.717) is 37.9 Å². The van der Waals surface area contributed by atoms with Crippen molar-refractivity contribution in [1.82, 2.24) is 4.90 Å². The number of nitrogen functional groups attached to an aromatic ring is 1. The van der Waals surface area contributed by atoms with E-state index in [0.717, 1.165) is 5.56 Å². The van der Waals surface area contributed by atoms with Crippen molar-refractivity contribution in [3.8, 4) is 0 Å². The molecule has 20 heavy (non-hydrogen) atoms. The van der Waals surface area contributed by atoms with Crippen LogP contribution in [0.1, 0.15) is 47.5 Å². The van der Waals surface area contributed by atoms with Crippen molar-refractivity contribution < 1.29 is 9.53 Å². The Hall–Kier alpha value is -1.55. The molecule has 0 radical (unpaired) electrons. The lowest BCUT2D eigenvalue weighted by atomic mass is 9.91. The Bertz CT molecular complexity index is 489. The Morgan fingerprint density at radius 3 is 2.60 bits per heavy atom. The number of carbonyl (C=O) groups is 1. The van der Waals surface area contributed by atoms with Gasteiger partial charge in [-0.25, -0.2) is 0 Å². The Kier molecular flexibility index (Phi) is 3.92. The molecule has 3 rings (SSSR count). The van der Waals surface area contributed by atoms with Gasteiger partial charge in [-0.2, -0.15) is 0 Å². The maximum atomic E-state index is 12.7. The number of amides is 1. The Labute approximate surface area is 119 Å². The number of carbonyl (C=O) groups excluding carboxylic acids is 1. The van der Waals surface area contributed by atoms with Gasteiger partial charge in [-0.15, -0.1) is 0 Å². The van der Waals surface area contributed by atoms with Gasteiger partial charge in [-0.1, -0.05) is 18.9 Å². The molecule has 1 amide bonds. The van der Waals surface area contributed by atoms with Gasteiger partial charge in [0.1, 0.15) is 0 Å². The van der Waals surface area contributed by atoms with Crippen molar-refractivity contribution >= 4 is 11.6 Å². The average molecular weight is 274 g/mol. The summed E-state index contributed by atoms with van der Waals surface area (Å²) in [6.07, 6.45) is 4.90. The lowest BCUT2D eigenvalue weighted by Gasteiger charge is -2.28. The van der Waals surface area contributed by atoms with Crippen molar-refractivity contribution in [1.29, 1.82) is 0 Å². The lowest BCUT2D eigenvalue weighted by Crippen LogP contribution is -2.41. The Balaban J connectivity index is 1.89. The summed E-state index contributed by atoms with van der Waals surface area (Å²) in [5.74, 6) is 0.637. The Morgan fingerprint density at radius 2 is 1.90 bits per heavy atom. The molecule has 4 heteroatoms. The van der Waals surface area contributed by atoms with Gasteiger partial charge in [-0.3, -0.25) is 4.79 Å². The van der Waals surface area contributed by atoms with Crippen molar-refractivity contribution in [2.45, 2.75) is 31.6 Å². The largest absolute Gasteiger partial charge is 0.399 e. The van der Waals surface area contributed by atoms with Crippen LogP contribution in [0.15, 0.2) is 18.2 Å². The highest BCUT2D eigenvalue weighted by Gasteiger charge is 2.26. The number of benzene rings is 1. The van der Waals surface area contributed by atoms with Gasteiger partial charge in [0.05, 0.1) is 13.2 Å². The van der Waals surface area contributed by atoms with Crippen molar-refractivity contribution in [2.24, 2.45) is 0 Å². The first-order chi connectivity index (χ1) is 9.75. The molecule has 0 unspecified atom stereocenters. The molecule has 1 saturated carbocycles. The number of ether oxygens (including phenoxy) is 1. The summed E-state index contributed by atoms with van der Waals surface area (Å²) >= 11 is 0. The normalized spacial score (nSPS) is 20.3. The van der Waals surface area contributed by atoms with Gasteiger partial charge in [-0.05, 0) is 36.5 Å². The summed E-state index contributed by atoms with van der Waals surface area (Å²) in [5, 5.41) is 0. The SMILES string of the molecule is Nc1ccc(C2CCCC2)c(C(=O)N2CCOCC2)c1. The van der Waals surface area contributed by atoms with Crippen LogP contribution in [-0.4, -0.2) is 37.1 Å². The summed E-state index contributed by atoms with van der Waals surface area (Å²) in [6.45, 7) is 2.62. The van der Waals surface area contributed by atoms with Gasteiger partial charge in [0.25, 0.3) is 5.91 Å². The van der Waals surface area contributed by atoms with Gasteiger partial charge in [0.2, 0.25) is 0 Å². The summed E-state index contributed by atoms with van der Waals surface area (Å²) in [7, 11) is 0. The molecule has 1 aliphatic heterocycles.